The van der Waals surface area contributed by atoms with Gasteiger partial charge in [0.1, 0.15) is 29.6 Å². The van der Waals surface area contributed by atoms with Crippen molar-refractivity contribution in [3.63, 3.8) is 0 Å². The Kier molecular flexibility index (Phi) is 6.25. The highest BCUT2D eigenvalue weighted by Gasteiger charge is 2.19. The summed E-state index contributed by atoms with van der Waals surface area (Å²) in [5.74, 6) is -4.14. The molecular weight excluding hydrogens is 397 g/mol. The first-order valence-corrected chi connectivity index (χ1v) is 9.06. The van der Waals surface area contributed by atoms with Gasteiger partial charge in [-0.2, -0.15) is 0 Å². The van der Waals surface area contributed by atoms with E-state index >= 15 is 0 Å². The van der Waals surface area contributed by atoms with Gasteiger partial charge in [0, 0.05) is 37.5 Å². The van der Waals surface area contributed by atoms with E-state index in [1.807, 2.05) is 30.3 Å². The zero-order valence-electron chi connectivity index (χ0n) is 16.3. The van der Waals surface area contributed by atoms with E-state index in [2.05, 4.69) is 5.32 Å². The van der Waals surface area contributed by atoms with Crippen LogP contribution in [0.1, 0.15) is 27.2 Å². The fourth-order valence-corrected chi connectivity index (χ4v) is 2.86. The molecule has 0 bridgehead atoms. The summed E-state index contributed by atoms with van der Waals surface area (Å²) >= 11 is 0. The number of carbonyl (C=O) groups is 1. The average Bonchev–Trinajstić information content (AvgIpc) is 2.70. The van der Waals surface area contributed by atoms with Crippen LogP contribution in [0.3, 0.4) is 0 Å². The van der Waals surface area contributed by atoms with Crippen LogP contribution in [-0.4, -0.2) is 10.5 Å². The van der Waals surface area contributed by atoms with Crippen LogP contribution in [0.25, 0.3) is 0 Å². The van der Waals surface area contributed by atoms with Gasteiger partial charge < -0.3 is 14.6 Å². The monoisotopic (exact) mass is 416 g/mol. The number of pyridine rings is 1. The van der Waals surface area contributed by atoms with Crippen molar-refractivity contribution in [2.45, 2.75) is 20.1 Å². The second-order valence-electron chi connectivity index (χ2n) is 6.70. The fraction of sp³-hybridized carbons (Fsp3) is 0.182. The first kappa shape index (κ1) is 21.2. The molecule has 1 heterocycles. The Morgan fingerprint density at radius 1 is 1.10 bits per heavy atom. The number of aromatic nitrogens is 1. The Bertz CT molecular complexity index is 1120. The average molecular weight is 416 g/mol. The highest BCUT2D eigenvalue weighted by molar-refractivity contribution is 5.94. The van der Waals surface area contributed by atoms with Crippen molar-refractivity contribution in [3.8, 4) is 5.75 Å². The van der Waals surface area contributed by atoms with Crippen molar-refractivity contribution in [3.05, 3.63) is 98.7 Å². The maximum absolute atomic E-state index is 13.8. The predicted molar refractivity (Wildman–Crippen MR) is 105 cm³/mol. The molecule has 156 valence electrons. The van der Waals surface area contributed by atoms with Crippen molar-refractivity contribution in [2.24, 2.45) is 7.05 Å². The zero-order valence-corrected chi connectivity index (χ0v) is 16.3. The molecule has 3 aromatic rings. The number of aryl methyl sites for hydroxylation is 1. The molecule has 0 unspecified atom stereocenters. The number of benzene rings is 2. The number of rotatable bonds is 6. The van der Waals surface area contributed by atoms with Gasteiger partial charge in [0.2, 0.25) is 5.43 Å². The van der Waals surface area contributed by atoms with Gasteiger partial charge in [0.15, 0.2) is 5.75 Å². The number of amides is 1. The van der Waals surface area contributed by atoms with Crippen LogP contribution >= 0.6 is 0 Å². The first-order chi connectivity index (χ1) is 14.3. The van der Waals surface area contributed by atoms with Crippen molar-refractivity contribution in [1.29, 1.82) is 0 Å². The van der Waals surface area contributed by atoms with Gasteiger partial charge in [-0.3, -0.25) is 9.59 Å². The van der Waals surface area contributed by atoms with E-state index in [4.69, 9.17) is 4.74 Å². The predicted octanol–water partition coefficient (Wildman–Crippen LogP) is 3.62. The van der Waals surface area contributed by atoms with Crippen LogP contribution < -0.4 is 15.5 Å². The summed E-state index contributed by atoms with van der Waals surface area (Å²) in [5, 5.41) is 2.29. The third kappa shape index (κ3) is 4.53. The van der Waals surface area contributed by atoms with Crippen LogP contribution in [0.15, 0.2) is 53.5 Å². The normalized spacial score (nSPS) is 10.7. The van der Waals surface area contributed by atoms with E-state index in [1.165, 1.54) is 6.20 Å². The second-order valence-corrected chi connectivity index (χ2v) is 6.70. The van der Waals surface area contributed by atoms with Gasteiger partial charge in [-0.1, -0.05) is 30.3 Å². The van der Waals surface area contributed by atoms with E-state index < -0.39 is 40.9 Å². The summed E-state index contributed by atoms with van der Waals surface area (Å²) in [4.78, 5) is 25.3. The fourth-order valence-electron chi connectivity index (χ4n) is 2.86. The molecule has 0 saturated carbocycles. The van der Waals surface area contributed by atoms with Gasteiger partial charge in [0.25, 0.3) is 5.91 Å². The first-order valence-electron chi connectivity index (χ1n) is 9.06. The molecule has 0 spiro atoms. The molecule has 5 nitrogen and oxygen atoms in total. The van der Waals surface area contributed by atoms with Gasteiger partial charge in [-0.05, 0) is 12.5 Å². The standard InChI is InChI=1S/C22H19F3N2O3/c1-13-21(30-12-14-6-4-3-5-7-14)20(28)17(11-27(13)2)22(29)26-10-16-18(24)8-15(23)9-19(16)25/h3-9,11H,10,12H2,1-2H3,(H,26,29). The lowest BCUT2D eigenvalue weighted by molar-refractivity contribution is 0.0947. The molecule has 0 radical (unpaired) electrons. The third-order valence-electron chi connectivity index (χ3n) is 4.63. The summed E-state index contributed by atoms with van der Waals surface area (Å²) in [6.07, 6.45) is 1.32. The number of nitrogens with one attached hydrogen (secondary N) is 1. The number of nitrogens with zero attached hydrogens (tertiary/aromatic N) is 1. The maximum Gasteiger partial charge on any atom is 0.257 e. The van der Waals surface area contributed by atoms with E-state index in [0.29, 0.717) is 17.8 Å². The molecule has 2 aromatic carbocycles. The molecule has 8 heteroatoms. The molecular formula is C22H19F3N2O3. The molecule has 0 atom stereocenters. The molecule has 1 N–H and O–H groups in total. The Morgan fingerprint density at radius 2 is 1.73 bits per heavy atom. The molecule has 0 aliphatic rings. The second kappa shape index (κ2) is 8.86. The number of carbonyl (C=O) groups excluding carboxylic acids is 1. The molecule has 1 amide bonds. The Hall–Kier alpha value is -3.55. The summed E-state index contributed by atoms with van der Waals surface area (Å²) in [6, 6.07) is 10.2. The van der Waals surface area contributed by atoms with Crippen LogP contribution in [0.2, 0.25) is 0 Å². The Morgan fingerprint density at radius 3 is 2.37 bits per heavy atom. The van der Waals surface area contributed by atoms with Crippen molar-refractivity contribution < 1.29 is 22.7 Å². The van der Waals surface area contributed by atoms with Gasteiger partial charge in [0.05, 0.1) is 5.69 Å². The summed E-state index contributed by atoms with van der Waals surface area (Å²) in [6.45, 7) is 1.26. The quantitative estimate of drug-likeness (QED) is 0.668. The van der Waals surface area contributed by atoms with Crippen LogP contribution in [-0.2, 0) is 20.2 Å². The van der Waals surface area contributed by atoms with Gasteiger partial charge in [-0.15, -0.1) is 0 Å². The molecule has 3 rings (SSSR count). The number of hydrogen-bond acceptors (Lipinski definition) is 3. The van der Waals surface area contributed by atoms with E-state index in [0.717, 1.165) is 5.56 Å². The number of hydrogen-bond donors (Lipinski definition) is 1. The minimum Gasteiger partial charge on any atom is -0.483 e. The minimum atomic E-state index is -1.13. The third-order valence-corrected chi connectivity index (χ3v) is 4.63. The SMILES string of the molecule is Cc1c(OCc2ccccc2)c(=O)c(C(=O)NCc2c(F)cc(F)cc2F)cn1C. The maximum atomic E-state index is 13.8. The molecule has 0 saturated heterocycles. The van der Waals surface area contributed by atoms with Gasteiger partial charge >= 0.3 is 0 Å². The van der Waals surface area contributed by atoms with Crippen LogP contribution in [0.4, 0.5) is 13.2 Å². The Labute approximate surface area is 170 Å². The summed E-state index contributed by atoms with van der Waals surface area (Å²) < 4.78 is 47.8. The molecule has 0 aliphatic carbocycles. The van der Waals surface area contributed by atoms with Crippen LogP contribution in [0.5, 0.6) is 5.75 Å². The molecule has 0 aliphatic heterocycles. The minimum absolute atomic E-state index is 0.00754. The van der Waals surface area contributed by atoms with E-state index in [-0.39, 0.29) is 17.9 Å². The summed E-state index contributed by atoms with van der Waals surface area (Å²) in [5.41, 5.74) is -0.0263. The largest absolute Gasteiger partial charge is 0.483 e. The zero-order chi connectivity index (χ0) is 21.8. The topological polar surface area (TPSA) is 60.3 Å². The lowest BCUT2D eigenvalue weighted by Crippen LogP contribution is -2.31. The van der Waals surface area contributed by atoms with Crippen molar-refractivity contribution in [2.75, 3.05) is 0 Å². The Balaban J connectivity index is 1.82. The molecule has 30 heavy (non-hydrogen) atoms. The highest BCUT2D eigenvalue weighted by Crippen LogP contribution is 2.17. The summed E-state index contributed by atoms with van der Waals surface area (Å²) in [7, 11) is 1.64. The van der Waals surface area contributed by atoms with Gasteiger partial charge in [-0.25, -0.2) is 13.2 Å². The lowest BCUT2D eigenvalue weighted by atomic mass is 10.1. The van der Waals surface area contributed by atoms with E-state index in [9.17, 15) is 22.8 Å². The van der Waals surface area contributed by atoms with Crippen LogP contribution in [0, 0.1) is 24.4 Å². The van der Waals surface area contributed by atoms with Crippen molar-refractivity contribution >= 4 is 5.91 Å². The highest BCUT2D eigenvalue weighted by atomic mass is 19.1. The van der Waals surface area contributed by atoms with E-state index in [1.54, 1.807) is 18.5 Å². The molecule has 1 aromatic heterocycles. The number of ether oxygens (including phenoxy) is 1. The number of halogens is 3. The smallest absolute Gasteiger partial charge is 0.257 e. The van der Waals surface area contributed by atoms with Crippen molar-refractivity contribution in [1.82, 2.24) is 9.88 Å². The lowest BCUT2D eigenvalue weighted by Gasteiger charge is -2.14. The molecule has 0 fully saturated rings.